The van der Waals surface area contributed by atoms with E-state index in [1.807, 2.05) is 0 Å². The fourth-order valence-electron chi connectivity index (χ4n) is 5.50. The van der Waals surface area contributed by atoms with Crippen LogP contribution in [0.5, 0.6) is 0 Å². The molecule has 0 spiro atoms. The Morgan fingerprint density at radius 1 is 0.690 bits per heavy atom. The van der Waals surface area contributed by atoms with E-state index in [9.17, 15) is 0 Å². The van der Waals surface area contributed by atoms with Crippen molar-refractivity contribution in [3.63, 3.8) is 0 Å². The number of aryl methyl sites for hydroxylation is 3. The third kappa shape index (κ3) is 3.60. The fourth-order valence-corrected chi connectivity index (χ4v) is 25.4. The Bertz CT molecular complexity index is 963. The van der Waals surface area contributed by atoms with E-state index in [0.717, 1.165) is 0 Å². The van der Waals surface area contributed by atoms with Crippen molar-refractivity contribution in [1.82, 2.24) is 0 Å². The zero-order valence-electron chi connectivity index (χ0n) is 19.2. The molecule has 0 atom stereocenters. The van der Waals surface area contributed by atoms with Gasteiger partial charge in [0.1, 0.15) is 0 Å². The van der Waals surface area contributed by atoms with E-state index in [2.05, 4.69) is 121 Å². The van der Waals surface area contributed by atoms with Crippen LogP contribution < -0.4 is 15.9 Å². The Kier molecular flexibility index (Phi) is 6.67. The van der Waals surface area contributed by atoms with E-state index < -0.39 is 13.9 Å². The molecule has 3 aromatic rings. The number of hydrogen-bond donors (Lipinski definition) is 0. The van der Waals surface area contributed by atoms with Crippen molar-refractivity contribution in [1.29, 1.82) is 0 Å². The van der Waals surface area contributed by atoms with E-state index in [1.165, 1.54) is 22.9 Å². The molecular formula is C27H38P2. The maximum absolute atomic E-state index is 2.68. The molecule has 2 heteroatoms. The first-order valence-corrected chi connectivity index (χ1v) is 16.8. The molecular weight excluding hydrogens is 386 g/mol. The zero-order chi connectivity index (χ0) is 21.2. The van der Waals surface area contributed by atoms with Crippen LogP contribution in [0.25, 0.3) is 0 Å². The summed E-state index contributed by atoms with van der Waals surface area (Å²) in [5.74, 6) is 0. The molecule has 0 aliphatic carbocycles. The average Bonchev–Trinajstić information content (AvgIpc) is 2.73. The van der Waals surface area contributed by atoms with Gasteiger partial charge in [-0.25, -0.2) is 0 Å². The Morgan fingerprint density at radius 2 is 1.17 bits per heavy atom. The van der Waals surface area contributed by atoms with Crippen LogP contribution in [0.15, 0.2) is 72.8 Å². The van der Waals surface area contributed by atoms with Crippen molar-refractivity contribution >= 4 is 29.8 Å². The second kappa shape index (κ2) is 8.71. The van der Waals surface area contributed by atoms with Crippen LogP contribution in [-0.4, -0.2) is 18.5 Å². The first-order valence-electron chi connectivity index (χ1n) is 11.0. The van der Waals surface area contributed by atoms with Crippen LogP contribution in [0.1, 0.15) is 37.5 Å². The molecule has 0 fully saturated rings. The molecule has 0 N–H and O–H groups in total. The van der Waals surface area contributed by atoms with Gasteiger partial charge in [0.15, 0.2) is 0 Å². The SMILES string of the molecule is CC[PH](c1ccccc1)(c1cc(C)c(C)cc1C)[PH](C)(c1ccccc1)C(C)C. The molecule has 0 saturated carbocycles. The Morgan fingerprint density at radius 3 is 1.66 bits per heavy atom. The van der Waals surface area contributed by atoms with E-state index in [1.54, 1.807) is 15.9 Å². The monoisotopic (exact) mass is 424 g/mol. The number of hydrogen-bond acceptors (Lipinski definition) is 0. The van der Waals surface area contributed by atoms with Gasteiger partial charge in [-0.3, -0.25) is 0 Å². The van der Waals surface area contributed by atoms with Crippen molar-refractivity contribution in [2.45, 2.75) is 47.2 Å². The van der Waals surface area contributed by atoms with Crippen molar-refractivity contribution in [2.24, 2.45) is 0 Å². The summed E-state index contributed by atoms with van der Waals surface area (Å²) in [6, 6.07) is 28.0. The Labute approximate surface area is 179 Å². The van der Waals surface area contributed by atoms with Gasteiger partial charge in [-0.2, -0.15) is 0 Å². The zero-order valence-corrected chi connectivity index (χ0v) is 21.2. The molecule has 0 radical (unpaired) electrons. The van der Waals surface area contributed by atoms with Crippen LogP contribution in [0.4, 0.5) is 0 Å². The van der Waals surface area contributed by atoms with Crippen molar-refractivity contribution < 1.29 is 0 Å². The maximum atomic E-state index is 2.68. The molecule has 0 heterocycles. The summed E-state index contributed by atoms with van der Waals surface area (Å²) in [4.78, 5) is 0. The first-order chi connectivity index (χ1) is 13.8. The second-order valence-electron chi connectivity index (χ2n) is 9.10. The van der Waals surface area contributed by atoms with Crippen molar-refractivity contribution in [2.75, 3.05) is 12.8 Å². The summed E-state index contributed by atoms with van der Waals surface area (Å²) < 4.78 is 0. The quantitative estimate of drug-likeness (QED) is 0.404. The molecule has 0 amide bonds. The predicted molar refractivity (Wildman–Crippen MR) is 141 cm³/mol. The van der Waals surface area contributed by atoms with Gasteiger partial charge in [0.25, 0.3) is 0 Å². The van der Waals surface area contributed by atoms with E-state index in [-0.39, 0.29) is 0 Å². The standard InChI is InChI=1S/C27H38P2/c1-8-29(26-17-13-10-14-18-26,27-20-23(5)22(4)19-24(27)6)28(7,21(2)3)25-15-11-9-12-16-25/h9-21,28-29H,8H2,1-7H3. The predicted octanol–water partition coefficient (Wildman–Crippen LogP) is 6.36. The van der Waals surface area contributed by atoms with Gasteiger partial charge in [0, 0.05) is 0 Å². The van der Waals surface area contributed by atoms with E-state index >= 15 is 0 Å². The summed E-state index contributed by atoms with van der Waals surface area (Å²) in [6.45, 7) is 13.1. The average molecular weight is 425 g/mol. The van der Waals surface area contributed by atoms with Gasteiger partial charge < -0.3 is 0 Å². The van der Waals surface area contributed by atoms with Crippen LogP contribution >= 0.6 is 13.9 Å². The molecule has 156 valence electrons. The molecule has 0 bridgehead atoms. The topological polar surface area (TPSA) is 0 Å². The van der Waals surface area contributed by atoms with Crippen LogP contribution in [0.3, 0.4) is 0 Å². The van der Waals surface area contributed by atoms with Gasteiger partial charge in [-0.05, 0) is 0 Å². The molecule has 0 aliphatic rings. The molecule has 29 heavy (non-hydrogen) atoms. The summed E-state index contributed by atoms with van der Waals surface area (Å²) in [5, 5.41) is 4.89. The van der Waals surface area contributed by atoms with Gasteiger partial charge in [0.2, 0.25) is 0 Å². The summed E-state index contributed by atoms with van der Waals surface area (Å²) in [5.41, 5.74) is 4.99. The fraction of sp³-hybridized carbons (Fsp3) is 0.333. The molecule has 3 aromatic carbocycles. The Hall–Kier alpha value is -1.48. The summed E-state index contributed by atoms with van der Waals surface area (Å²) in [7, 11) is 0. The minimum absolute atomic E-state index is 0.665. The summed E-state index contributed by atoms with van der Waals surface area (Å²) >= 11 is 0. The molecule has 0 nitrogen and oxygen atoms in total. The van der Waals surface area contributed by atoms with Gasteiger partial charge in [-0.15, -0.1) is 0 Å². The Balaban J connectivity index is 2.48. The molecule has 0 aliphatic heterocycles. The number of rotatable bonds is 6. The van der Waals surface area contributed by atoms with Crippen molar-refractivity contribution in [3.8, 4) is 0 Å². The number of benzene rings is 3. The van der Waals surface area contributed by atoms with E-state index in [0.29, 0.717) is 5.66 Å². The van der Waals surface area contributed by atoms with Gasteiger partial charge in [-0.1, -0.05) is 0 Å². The van der Waals surface area contributed by atoms with Crippen LogP contribution in [0.2, 0.25) is 0 Å². The van der Waals surface area contributed by atoms with Crippen LogP contribution in [0, 0.1) is 20.8 Å². The molecule has 0 saturated heterocycles. The second-order valence-corrected chi connectivity index (χ2v) is 22.5. The normalized spacial score (nSPS) is 13.5. The van der Waals surface area contributed by atoms with Crippen molar-refractivity contribution in [3.05, 3.63) is 89.5 Å². The van der Waals surface area contributed by atoms with Crippen LogP contribution in [-0.2, 0) is 0 Å². The minimum atomic E-state index is -2.04. The summed E-state index contributed by atoms with van der Waals surface area (Å²) in [6.07, 6.45) is 1.25. The molecule has 3 rings (SSSR count). The van der Waals surface area contributed by atoms with Gasteiger partial charge in [0.05, 0.1) is 0 Å². The first kappa shape index (κ1) is 22.2. The third-order valence-electron chi connectivity index (χ3n) is 7.51. The van der Waals surface area contributed by atoms with Gasteiger partial charge >= 0.3 is 179 Å². The molecule has 0 aromatic heterocycles. The van der Waals surface area contributed by atoms with E-state index in [4.69, 9.17) is 0 Å². The molecule has 0 unspecified atom stereocenters. The third-order valence-corrected chi connectivity index (χ3v) is 27.6.